The van der Waals surface area contributed by atoms with E-state index in [4.69, 9.17) is 40.0 Å². The minimum Gasteiger partial charge on any atom is -0.494 e. The van der Waals surface area contributed by atoms with E-state index in [1.54, 1.807) is 7.11 Å². The van der Waals surface area contributed by atoms with E-state index in [9.17, 15) is 4.79 Å². The number of halogens is 1. The van der Waals surface area contributed by atoms with Gasteiger partial charge in [0.2, 0.25) is 0 Å². The molecule has 5 aromatic rings. The number of fused-ring (bicyclic) bond motifs is 2. The number of methoxy groups -OCH3 is 1. The number of carbonyl (C=O) groups excluding carboxylic acids is 1. The van der Waals surface area contributed by atoms with Crippen molar-refractivity contribution in [3.8, 4) is 5.75 Å². The summed E-state index contributed by atoms with van der Waals surface area (Å²) in [6, 6.07) is 43.7. The van der Waals surface area contributed by atoms with Crippen LogP contribution in [0.25, 0.3) is 0 Å². The lowest BCUT2D eigenvalue weighted by Crippen LogP contribution is -2.59. The molecule has 8 heteroatoms. The van der Waals surface area contributed by atoms with Crippen molar-refractivity contribution in [1.82, 2.24) is 0 Å². The van der Waals surface area contributed by atoms with Gasteiger partial charge >= 0.3 is 0 Å². The van der Waals surface area contributed by atoms with E-state index in [0.29, 0.717) is 44.3 Å². The van der Waals surface area contributed by atoms with E-state index in [0.717, 1.165) is 39.9 Å². The molecule has 2 fully saturated rings. The Labute approximate surface area is 311 Å². The van der Waals surface area contributed by atoms with Gasteiger partial charge in [0.15, 0.2) is 17.7 Å². The Morgan fingerprint density at radius 2 is 1.35 bits per heavy atom. The molecule has 0 N–H and O–H groups in total. The molecule has 4 atom stereocenters. The normalized spacial score (nSPS) is 21.9. The number of carbonyl (C=O) groups is 1. The fourth-order valence-electron chi connectivity index (χ4n) is 6.62. The van der Waals surface area contributed by atoms with Gasteiger partial charge in [-0.2, -0.15) is 0 Å². The second kappa shape index (κ2) is 17.9. The zero-order valence-electron chi connectivity index (χ0n) is 29.6. The van der Waals surface area contributed by atoms with E-state index < -0.39 is 23.6 Å². The van der Waals surface area contributed by atoms with Crippen molar-refractivity contribution in [2.45, 2.75) is 63.2 Å². The first-order chi connectivity index (χ1) is 25.5. The van der Waals surface area contributed by atoms with E-state index in [2.05, 4.69) is 0 Å². The summed E-state index contributed by atoms with van der Waals surface area (Å²) in [6.07, 6.45) is 0.638. The molecule has 52 heavy (non-hydrogen) atoms. The van der Waals surface area contributed by atoms with Crippen LogP contribution in [0, 0.1) is 0 Å². The van der Waals surface area contributed by atoms with E-state index in [1.165, 1.54) is 5.56 Å². The molecule has 0 aliphatic carbocycles. The molecule has 0 spiro atoms. The average Bonchev–Trinajstić information content (AvgIpc) is 3.51. The average molecular weight is 721 g/mol. The third-order valence-electron chi connectivity index (χ3n) is 9.22. The predicted molar refractivity (Wildman–Crippen MR) is 201 cm³/mol. The summed E-state index contributed by atoms with van der Waals surface area (Å²) in [5, 5.41) is 0.644. The van der Waals surface area contributed by atoms with Crippen LogP contribution in [-0.2, 0) is 60.5 Å². The van der Waals surface area contributed by atoms with E-state index in [-0.39, 0.29) is 6.61 Å². The van der Waals surface area contributed by atoms with E-state index in [1.807, 2.05) is 140 Å². The van der Waals surface area contributed by atoms with Gasteiger partial charge in [0.25, 0.3) is 0 Å². The quantitative estimate of drug-likeness (QED) is 0.106. The smallest absolute Gasteiger partial charge is 0.198 e. The molecule has 5 aromatic carbocycles. The van der Waals surface area contributed by atoms with Crippen LogP contribution in [-0.4, -0.2) is 44.4 Å². The fourth-order valence-corrected chi connectivity index (χ4v) is 6.80. The van der Waals surface area contributed by atoms with Crippen molar-refractivity contribution in [2.24, 2.45) is 0 Å². The van der Waals surface area contributed by atoms with Gasteiger partial charge in [-0.1, -0.05) is 121 Å². The van der Waals surface area contributed by atoms with Crippen molar-refractivity contribution in [2.75, 3.05) is 20.3 Å². The highest BCUT2D eigenvalue weighted by Crippen LogP contribution is 2.51. The molecule has 2 aliphatic heterocycles. The molecule has 2 heterocycles. The number of hydrogen-bond donors (Lipinski definition) is 0. The Bertz CT molecular complexity index is 1840. The Morgan fingerprint density at radius 3 is 1.92 bits per heavy atom. The molecule has 2 aliphatic rings. The zero-order valence-corrected chi connectivity index (χ0v) is 30.4. The lowest BCUT2D eigenvalue weighted by Gasteiger charge is -2.44. The Hall–Kier alpha value is -4.34. The molecule has 0 radical (unpaired) electrons. The number of hydrogen-bond acceptors (Lipinski definition) is 7. The van der Waals surface area contributed by atoms with Crippen LogP contribution in [0.4, 0.5) is 0 Å². The SMILES string of the molecule is CCOc1ccc(Cc2cc([C@]34CC(OCc5ccccc5)[C@H](OCc5ccccc5)[C@](C=O)(CO3)O4)ccc2Cl)cc1.COCc1ccccc1. The van der Waals surface area contributed by atoms with E-state index >= 15 is 0 Å². The molecule has 0 aromatic heterocycles. The van der Waals surface area contributed by atoms with Crippen molar-refractivity contribution in [3.05, 3.63) is 172 Å². The van der Waals surface area contributed by atoms with Crippen LogP contribution in [0.1, 0.15) is 46.7 Å². The van der Waals surface area contributed by atoms with Crippen LogP contribution in [0.2, 0.25) is 5.02 Å². The van der Waals surface area contributed by atoms with Crippen molar-refractivity contribution >= 4 is 17.9 Å². The van der Waals surface area contributed by atoms with Gasteiger partial charge in [0.1, 0.15) is 11.9 Å². The monoisotopic (exact) mass is 720 g/mol. The molecule has 7 rings (SSSR count). The highest BCUT2D eigenvalue weighted by Gasteiger charge is 2.64. The van der Waals surface area contributed by atoms with Gasteiger partial charge in [-0.25, -0.2) is 0 Å². The molecule has 2 saturated heterocycles. The second-order valence-corrected chi connectivity index (χ2v) is 13.4. The highest BCUT2D eigenvalue weighted by atomic mass is 35.5. The van der Waals surface area contributed by atoms with Crippen molar-refractivity contribution in [3.63, 3.8) is 0 Å². The molecule has 2 bridgehead atoms. The Kier molecular flexibility index (Phi) is 12.9. The largest absolute Gasteiger partial charge is 0.494 e. The maximum Gasteiger partial charge on any atom is 0.198 e. The van der Waals surface area contributed by atoms with Gasteiger partial charge in [-0.05, 0) is 65.4 Å². The summed E-state index contributed by atoms with van der Waals surface area (Å²) >= 11 is 6.68. The Balaban J connectivity index is 0.000000451. The zero-order chi connectivity index (χ0) is 36.2. The third kappa shape index (κ3) is 9.17. The summed E-state index contributed by atoms with van der Waals surface area (Å²) in [5.74, 6) is -0.358. The molecule has 7 nitrogen and oxygen atoms in total. The van der Waals surface area contributed by atoms with Gasteiger partial charge in [0.05, 0.1) is 39.1 Å². The number of rotatable bonds is 14. The second-order valence-electron chi connectivity index (χ2n) is 13.0. The van der Waals surface area contributed by atoms with Gasteiger partial charge in [0, 0.05) is 24.1 Å². The lowest BCUT2D eigenvalue weighted by atomic mass is 9.85. The first kappa shape index (κ1) is 37.4. The summed E-state index contributed by atoms with van der Waals surface area (Å²) in [5.41, 5.74) is 4.73. The summed E-state index contributed by atoms with van der Waals surface area (Å²) in [4.78, 5) is 12.8. The molecular formula is C44H45ClO7. The first-order valence-corrected chi connectivity index (χ1v) is 18.0. The summed E-state index contributed by atoms with van der Waals surface area (Å²) < 4.78 is 36.5. The third-order valence-corrected chi connectivity index (χ3v) is 9.59. The highest BCUT2D eigenvalue weighted by molar-refractivity contribution is 6.31. The Morgan fingerprint density at radius 1 is 0.750 bits per heavy atom. The standard InChI is InChI=1S/C36H35ClO6.C8H10O/c1-2-39-31-16-13-26(14-17-31)19-29-20-30(15-18-32(29)37)36-21-33(40-22-27-9-5-3-6-10-27)34(35(24-38,43-36)25-42-36)41-23-28-11-7-4-8-12-28;1-9-7-8-5-3-2-4-6-8/h3-18,20,24,33-34H,2,19,21-23,25H2,1H3;2-6H,7H2,1H3/t33?,34-,35-,36+;/m0./s1. The number of ether oxygens (including phenoxy) is 6. The minimum atomic E-state index is -1.33. The molecule has 1 unspecified atom stereocenters. The van der Waals surface area contributed by atoms with Crippen LogP contribution in [0.5, 0.6) is 5.75 Å². The number of benzene rings is 5. The topological polar surface area (TPSA) is 72.5 Å². The number of aldehydes is 1. The summed E-state index contributed by atoms with van der Waals surface area (Å²) in [7, 11) is 1.70. The molecular weight excluding hydrogens is 676 g/mol. The van der Waals surface area contributed by atoms with Crippen LogP contribution < -0.4 is 4.74 Å². The van der Waals surface area contributed by atoms with Gasteiger partial charge < -0.3 is 28.4 Å². The minimum absolute atomic E-state index is 0.0536. The summed E-state index contributed by atoms with van der Waals surface area (Å²) in [6.45, 7) is 4.02. The van der Waals surface area contributed by atoms with Crippen LogP contribution >= 0.6 is 11.6 Å². The predicted octanol–water partition coefficient (Wildman–Crippen LogP) is 8.87. The molecule has 0 amide bonds. The fraction of sp³-hybridized carbons (Fsp3) is 0.295. The molecule has 270 valence electrons. The van der Waals surface area contributed by atoms with Crippen LogP contribution in [0.3, 0.4) is 0 Å². The van der Waals surface area contributed by atoms with Gasteiger partial charge in [-0.15, -0.1) is 0 Å². The van der Waals surface area contributed by atoms with Crippen LogP contribution in [0.15, 0.2) is 133 Å². The van der Waals surface area contributed by atoms with Crippen molar-refractivity contribution < 1.29 is 33.2 Å². The maximum atomic E-state index is 12.8. The molecule has 0 saturated carbocycles. The lowest BCUT2D eigenvalue weighted by molar-refractivity contribution is -0.283. The van der Waals surface area contributed by atoms with Gasteiger partial charge in [-0.3, -0.25) is 4.79 Å². The maximum absolute atomic E-state index is 12.8. The van der Waals surface area contributed by atoms with Crippen molar-refractivity contribution in [1.29, 1.82) is 0 Å². The first-order valence-electron chi connectivity index (χ1n) is 17.6.